The lowest BCUT2D eigenvalue weighted by Gasteiger charge is -2.22. The number of unbranched alkanes of at least 4 members (excludes halogenated alkanes) is 2. The average molecular weight is 370 g/mol. The Hall–Kier alpha value is -1.07. The molecule has 5 heteroatoms. The average Bonchev–Trinajstić information content (AvgIpc) is 2.51. The second-order valence-electron chi connectivity index (χ2n) is 5.24. The molecule has 1 aromatic carbocycles. The fraction of sp³-hybridized carbons (Fsp3) is 0.588. The Morgan fingerprint density at radius 2 is 2.05 bits per heavy atom. The van der Waals surface area contributed by atoms with Crippen LogP contribution in [0.2, 0.25) is 0 Å². The van der Waals surface area contributed by atoms with Crippen molar-refractivity contribution < 1.29 is 4.74 Å². The largest absolute Gasteiger partial charge is 0.385 e. The minimum absolute atomic E-state index is 0.830. The first-order chi connectivity index (χ1) is 10.7. The van der Waals surface area contributed by atoms with Crippen LogP contribution in [0.1, 0.15) is 31.7 Å². The number of benzene rings is 1. The Labute approximate surface area is 143 Å². The number of hydrogen-bond donors (Lipinski definition) is 1. The van der Waals surface area contributed by atoms with E-state index in [0.717, 1.165) is 55.9 Å². The highest BCUT2D eigenvalue weighted by atomic mass is 79.9. The molecule has 1 rings (SSSR count). The van der Waals surface area contributed by atoms with E-state index in [-0.39, 0.29) is 0 Å². The van der Waals surface area contributed by atoms with E-state index in [4.69, 9.17) is 9.73 Å². The molecule has 0 atom stereocenters. The van der Waals surface area contributed by atoms with Gasteiger partial charge in [-0.2, -0.15) is 0 Å². The Bertz CT molecular complexity index is 451. The molecule has 0 amide bonds. The van der Waals surface area contributed by atoms with Crippen molar-refractivity contribution in [1.29, 1.82) is 0 Å². The highest BCUT2D eigenvalue weighted by molar-refractivity contribution is 9.10. The topological polar surface area (TPSA) is 36.9 Å². The molecule has 124 valence electrons. The summed E-state index contributed by atoms with van der Waals surface area (Å²) in [5.41, 5.74) is 1.26. The maximum absolute atomic E-state index is 5.06. The Morgan fingerprint density at radius 3 is 2.73 bits per heavy atom. The molecule has 0 saturated carbocycles. The van der Waals surface area contributed by atoms with Gasteiger partial charge in [-0.3, -0.25) is 4.99 Å². The summed E-state index contributed by atoms with van der Waals surface area (Å²) < 4.78 is 6.20. The van der Waals surface area contributed by atoms with E-state index in [1.54, 1.807) is 7.11 Å². The molecule has 0 aliphatic rings. The van der Waals surface area contributed by atoms with Crippen molar-refractivity contribution >= 4 is 21.9 Å². The van der Waals surface area contributed by atoms with Gasteiger partial charge in [0.1, 0.15) is 0 Å². The number of aliphatic imine (C=N–C) groups is 1. The van der Waals surface area contributed by atoms with Crippen LogP contribution in [0.15, 0.2) is 33.7 Å². The van der Waals surface area contributed by atoms with Gasteiger partial charge in [0.05, 0.1) is 0 Å². The van der Waals surface area contributed by atoms with E-state index in [9.17, 15) is 0 Å². The van der Waals surface area contributed by atoms with E-state index < -0.39 is 0 Å². The molecule has 0 aliphatic heterocycles. The molecule has 0 spiro atoms. The zero-order valence-corrected chi connectivity index (χ0v) is 15.5. The van der Waals surface area contributed by atoms with Crippen LogP contribution in [0.5, 0.6) is 0 Å². The van der Waals surface area contributed by atoms with Gasteiger partial charge in [0.15, 0.2) is 5.96 Å². The van der Waals surface area contributed by atoms with Crippen LogP contribution in [0.4, 0.5) is 0 Å². The van der Waals surface area contributed by atoms with Gasteiger partial charge in [-0.25, -0.2) is 0 Å². The molecule has 0 unspecified atom stereocenters. The third-order valence-corrected chi connectivity index (χ3v) is 4.10. The number of rotatable bonds is 9. The maximum atomic E-state index is 5.06. The van der Waals surface area contributed by atoms with Crippen molar-refractivity contribution in [3.8, 4) is 0 Å². The van der Waals surface area contributed by atoms with Gasteiger partial charge >= 0.3 is 0 Å². The zero-order valence-electron chi connectivity index (χ0n) is 13.9. The van der Waals surface area contributed by atoms with Crippen LogP contribution in [-0.2, 0) is 11.3 Å². The van der Waals surface area contributed by atoms with E-state index >= 15 is 0 Å². The summed E-state index contributed by atoms with van der Waals surface area (Å²) in [6.07, 6.45) is 3.36. The zero-order chi connectivity index (χ0) is 16.2. The predicted octanol–water partition coefficient (Wildman–Crippen LogP) is 3.66. The summed E-state index contributed by atoms with van der Waals surface area (Å²) in [6.45, 7) is 5.50. The third kappa shape index (κ3) is 7.27. The Balaban J connectivity index is 2.51. The molecule has 4 nitrogen and oxygen atoms in total. The molecule has 1 aromatic rings. The quantitative estimate of drug-likeness (QED) is 0.410. The van der Waals surface area contributed by atoms with Gasteiger partial charge < -0.3 is 15.0 Å². The molecule has 1 N–H and O–H groups in total. The molecule has 0 aromatic heterocycles. The lowest BCUT2D eigenvalue weighted by molar-refractivity contribution is 0.192. The molecule has 22 heavy (non-hydrogen) atoms. The predicted molar refractivity (Wildman–Crippen MR) is 97.3 cm³/mol. The molecular weight excluding hydrogens is 342 g/mol. The number of hydrogen-bond acceptors (Lipinski definition) is 2. The monoisotopic (exact) mass is 369 g/mol. The van der Waals surface area contributed by atoms with Gasteiger partial charge in [-0.1, -0.05) is 34.1 Å². The number of halogens is 1. The van der Waals surface area contributed by atoms with E-state index in [0.29, 0.717) is 0 Å². The van der Waals surface area contributed by atoms with Gasteiger partial charge in [0.2, 0.25) is 0 Å². The maximum Gasteiger partial charge on any atom is 0.193 e. The minimum atomic E-state index is 0.830. The van der Waals surface area contributed by atoms with E-state index in [1.807, 2.05) is 6.07 Å². The lowest BCUT2D eigenvalue weighted by atomic mass is 10.2. The highest BCUT2D eigenvalue weighted by Gasteiger charge is 2.08. The molecule has 0 heterocycles. The summed E-state index contributed by atoms with van der Waals surface area (Å²) in [5, 5.41) is 3.36. The molecule has 0 bridgehead atoms. The smallest absolute Gasteiger partial charge is 0.193 e. The van der Waals surface area contributed by atoms with Crippen molar-refractivity contribution in [2.75, 3.05) is 33.9 Å². The van der Waals surface area contributed by atoms with Gasteiger partial charge in [-0.05, 0) is 37.8 Å². The van der Waals surface area contributed by atoms with Gasteiger partial charge in [0, 0.05) is 44.9 Å². The lowest BCUT2D eigenvalue weighted by Crippen LogP contribution is -2.38. The van der Waals surface area contributed by atoms with Crippen molar-refractivity contribution in [2.24, 2.45) is 4.99 Å². The summed E-state index contributed by atoms with van der Waals surface area (Å²) >= 11 is 3.60. The second-order valence-corrected chi connectivity index (χ2v) is 6.09. The van der Waals surface area contributed by atoms with Crippen LogP contribution >= 0.6 is 15.9 Å². The summed E-state index contributed by atoms with van der Waals surface area (Å²) in [4.78, 5) is 6.88. The van der Waals surface area contributed by atoms with Crippen molar-refractivity contribution in [1.82, 2.24) is 10.2 Å². The molecule has 0 fully saturated rings. The summed E-state index contributed by atoms with van der Waals surface area (Å²) in [6, 6.07) is 8.30. The standard InChI is InChI=1S/C17H28BrN3O/c1-4-19-17(20-12-8-5-9-13-22-3)21(2)14-15-10-6-7-11-16(15)18/h6-7,10-11H,4-5,8-9,12-14H2,1-3H3,(H,19,20). The van der Waals surface area contributed by atoms with Crippen molar-refractivity contribution in [3.05, 3.63) is 34.3 Å². The molecular formula is C17H28BrN3O. The first-order valence-electron chi connectivity index (χ1n) is 7.90. The molecule has 0 radical (unpaired) electrons. The van der Waals surface area contributed by atoms with Crippen LogP contribution in [-0.4, -0.2) is 44.7 Å². The van der Waals surface area contributed by atoms with E-state index in [2.05, 4.69) is 58.3 Å². The van der Waals surface area contributed by atoms with Gasteiger partial charge in [-0.15, -0.1) is 0 Å². The Kier molecular flexibility index (Phi) is 9.91. The second kappa shape index (κ2) is 11.5. The number of methoxy groups -OCH3 is 1. The normalized spacial score (nSPS) is 11.5. The van der Waals surface area contributed by atoms with Crippen molar-refractivity contribution in [2.45, 2.75) is 32.7 Å². The van der Waals surface area contributed by atoms with Crippen molar-refractivity contribution in [3.63, 3.8) is 0 Å². The fourth-order valence-electron chi connectivity index (χ4n) is 2.15. The van der Waals surface area contributed by atoms with Crippen LogP contribution in [0.3, 0.4) is 0 Å². The third-order valence-electron chi connectivity index (χ3n) is 3.33. The number of guanidine groups is 1. The first-order valence-corrected chi connectivity index (χ1v) is 8.70. The fourth-order valence-corrected chi connectivity index (χ4v) is 2.56. The van der Waals surface area contributed by atoms with E-state index in [1.165, 1.54) is 5.56 Å². The number of ether oxygens (including phenoxy) is 1. The van der Waals surface area contributed by atoms with Crippen LogP contribution < -0.4 is 5.32 Å². The summed E-state index contributed by atoms with van der Waals surface area (Å²) in [7, 11) is 3.82. The summed E-state index contributed by atoms with van der Waals surface area (Å²) in [5.74, 6) is 0.963. The minimum Gasteiger partial charge on any atom is -0.385 e. The molecule has 0 saturated heterocycles. The first kappa shape index (κ1) is 19.0. The van der Waals surface area contributed by atoms with Crippen LogP contribution in [0, 0.1) is 0 Å². The van der Waals surface area contributed by atoms with Gasteiger partial charge in [0.25, 0.3) is 0 Å². The number of nitrogens with zero attached hydrogens (tertiary/aromatic N) is 2. The SMILES string of the molecule is CCNC(=NCCCCCOC)N(C)Cc1ccccc1Br. The molecule has 0 aliphatic carbocycles. The number of nitrogens with one attached hydrogen (secondary N) is 1. The Morgan fingerprint density at radius 1 is 1.27 bits per heavy atom. The highest BCUT2D eigenvalue weighted by Crippen LogP contribution is 2.17. The van der Waals surface area contributed by atoms with Crippen LogP contribution in [0.25, 0.3) is 0 Å².